The molecule has 0 bridgehead atoms. The molecule has 3 aromatic carbocycles. The average Bonchev–Trinajstić information content (AvgIpc) is 3.09. The van der Waals surface area contributed by atoms with E-state index in [0.717, 1.165) is 72.8 Å². The molecule has 1 heterocycles. The van der Waals surface area contributed by atoms with Gasteiger partial charge in [-0.2, -0.15) is 39.5 Å². The smallest absolute Gasteiger partial charge is 0.388 e. The Labute approximate surface area is 297 Å². The third-order valence-corrected chi connectivity index (χ3v) is 7.65. The standard InChI is InChI=1S/C33H24F9N3O9/c1-49-28(31(34,35)36,19-13-7-4-8-14-19)22(46)52-25-43-26(53-23(47)29(50-2,32(37,38)39)20-15-9-5-10-16-20)45-27(44-25)54-24(48)30(51-3,33(40,41)42)21-17-11-6-12-18-21/h4-18H,1-3H3/t28-,29-,30-/m1/s1. The number of carbonyl (C=O) groups is 3. The molecule has 0 aliphatic carbocycles. The van der Waals surface area contributed by atoms with Gasteiger partial charge in [0.15, 0.2) is 0 Å². The molecule has 0 radical (unpaired) electrons. The summed E-state index contributed by atoms with van der Waals surface area (Å²) in [6.45, 7) is 0. The molecular formula is C33H24F9N3O9. The maximum Gasteiger partial charge on any atom is 0.432 e. The van der Waals surface area contributed by atoms with Crippen LogP contribution in [0.5, 0.6) is 18.0 Å². The van der Waals surface area contributed by atoms with E-state index in [-0.39, 0.29) is 0 Å². The zero-order chi connectivity index (χ0) is 40.2. The lowest BCUT2D eigenvalue weighted by Crippen LogP contribution is -2.53. The van der Waals surface area contributed by atoms with Crippen LogP contribution in [0, 0.1) is 0 Å². The topological polar surface area (TPSA) is 145 Å². The third-order valence-electron chi connectivity index (χ3n) is 7.65. The fraction of sp³-hybridized carbons (Fsp3) is 0.273. The van der Waals surface area contributed by atoms with Gasteiger partial charge in [0, 0.05) is 38.0 Å². The van der Waals surface area contributed by atoms with E-state index >= 15 is 0 Å². The molecule has 4 rings (SSSR count). The molecule has 0 unspecified atom stereocenters. The molecule has 0 spiro atoms. The van der Waals surface area contributed by atoms with Gasteiger partial charge in [0.2, 0.25) is 0 Å². The van der Waals surface area contributed by atoms with Crippen molar-refractivity contribution in [3.8, 4) is 18.0 Å². The first-order valence-corrected chi connectivity index (χ1v) is 14.7. The summed E-state index contributed by atoms with van der Waals surface area (Å²) in [6.07, 6.45) is -16.8. The van der Waals surface area contributed by atoms with Gasteiger partial charge < -0.3 is 28.4 Å². The minimum Gasteiger partial charge on any atom is -0.388 e. The number of hydrogen-bond acceptors (Lipinski definition) is 12. The van der Waals surface area contributed by atoms with Gasteiger partial charge in [-0.25, -0.2) is 14.4 Å². The van der Waals surface area contributed by atoms with Gasteiger partial charge in [-0.05, 0) is 0 Å². The van der Waals surface area contributed by atoms with Crippen LogP contribution in [0.3, 0.4) is 0 Å². The van der Waals surface area contributed by atoms with Crippen LogP contribution >= 0.6 is 0 Å². The second-order valence-corrected chi connectivity index (χ2v) is 10.6. The van der Waals surface area contributed by atoms with Crippen LogP contribution in [0.4, 0.5) is 39.5 Å². The molecule has 0 aliphatic rings. The first kappa shape index (κ1) is 41.1. The van der Waals surface area contributed by atoms with E-state index in [4.69, 9.17) is 0 Å². The van der Waals surface area contributed by atoms with E-state index in [2.05, 4.69) is 43.4 Å². The molecule has 0 saturated heterocycles. The molecule has 288 valence electrons. The number of ether oxygens (including phenoxy) is 6. The van der Waals surface area contributed by atoms with Crippen LogP contribution < -0.4 is 14.2 Å². The zero-order valence-corrected chi connectivity index (χ0v) is 27.6. The van der Waals surface area contributed by atoms with Crippen molar-refractivity contribution < 1.29 is 82.3 Å². The van der Waals surface area contributed by atoms with Gasteiger partial charge in [0.05, 0.1) is 0 Å². The molecule has 54 heavy (non-hydrogen) atoms. The summed E-state index contributed by atoms with van der Waals surface area (Å²) in [7, 11) is 1.39. The number of methoxy groups -OCH3 is 3. The highest BCUT2D eigenvalue weighted by Crippen LogP contribution is 2.46. The number of halogens is 9. The molecule has 3 atom stereocenters. The van der Waals surface area contributed by atoms with Crippen LogP contribution in [-0.4, -0.2) is 72.7 Å². The molecule has 0 amide bonds. The second-order valence-electron chi connectivity index (χ2n) is 10.6. The number of carbonyl (C=O) groups excluding carboxylic acids is 3. The number of aromatic nitrogens is 3. The molecular weight excluding hydrogens is 753 g/mol. The van der Waals surface area contributed by atoms with Crippen molar-refractivity contribution in [2.45, 2.75) is 35.3 Å². The number of rotatable bonds is 12. The maximum absolute atomic E-state index is 14.5. The number of benzene rings is 3. The van der Waals surface area contributed by atoms with Crippen LogP contribution in [0.25, 0.3) is 0 Å². The van der Waals surface area contributed by atoms with Gasteiger partial charge in [-0.1, -0.05) is 91.0 Å². The summed E-state index contributed by atoms with van der Waals surface area (Å²) in [6, 6.07) is 10.2. The van der Waals surface area contributed by atoms with Gasteiger partial charge >= 0.3 is 54.5 Å². The van der Waals surface area contributed by atoms with Crippen LogP contribution in [0.1, 0.15) is 16.7 Å². The zero-order valence-electron chi connectivity index (χ0n) is 27.6. The lowest BCUT2D eigenvalue weighted by molar-refractivity contribution is -0.273. The summed E-state index contributed by atoms with van der Waals surface area (Å²) in [5.41, 5.74) is -14.5. The van der Waals surface area contributed by atoms with Gasteiger partial charge in [-0.15, -0.1) is 15.0 Å². The van der Waals surface area contributed by atoms with E-state index in [9.17, 15) is 53.9 Å². The summed E-state index contributed by atoms with van der Waals surface area (Å²) < 4.78 is 159. The van der Waals surface area contributed by atoms with Gasteiger partial charge in [-0.3, -0.25) is 0 Å². The predicted molar refractivity (Wildman–Crippen MR) is 160 cm³/mol. The Morgan fingerprint density at radius 3 is 0.778 bits per heavy atom. The predicted octanol–water partition coefficient (Wildman–Crippen LogP) is 5.90. The third kappa shape index (κ3) is 7.28. The molecule has 4 aromatic rings. The molecule has 21 heteroatoms. The highest BCUT2D eigenvalue weighted by atomic mass is 19.4. The van der Waals surface area contributed by atoms with Gasteiger partial charge in [0.25, 0.3) is 16.8 Å². The molecule has 0 N–H and O–H groups in total. The number of hydrogen-bond donors (Lipinski definition) is 0. The van der Waals surface area contributed by atoms with E-state index < -0.39 is 88.0 Å². The fourth-order valence-electron chi connectivity index (χ4n) is 5.08. The molecule has 0 fully saturated rings. The first-order valence-electron chi connectivity index (χ1n) is 14.7. The Kier molecular flexibility index (Phi) is 11.7. The summed E-state index contributed by atoms with van der Waals surface area (Å²) in [5.74, 6) is -7.12. The molecule has 12 nitrogen and oxygen atoms in total. The summed E-state index contributed by atoms with van der Waals surface area (Å²) in [5, 5.41) is 0. The average molecular weight is 778 g/mol. The maximum atomic E-state index is 14.5. The Bertz CT molecular complexity index is 1720. The number of nitrogens with zero attached hydrogens (tertiary/aromatic N) is 3. The SMILES string of the molecule is CO[C@@](C(=O)Oc1nc(OC(=O)[C@](OC)(c2ccccc2)C(F)(F)F)nc(OC(=O)[C@](OC)(c2ccccc2)C(F)(F)F)n1)(c1ccccc1)C(F)(F)F. The summed E-state index contributed by atoms with van der Waals surface area (Å²) in [4.78, 5) is 49.7. The Balaban J connectivity index is 1.89. The quantitative estimate of drug-likeness (QED) is 0.125. The fourth-order valence-corrected chi connectivity index (χ4v) is 5.08. The Morgan fingerprint density at radius 2 is 0.611 bits per heavy atom. The first-order chi connectivity index (χ1) is 25.2. The summed E-state index contributed by atoms with van der Waals surface area (Å²) >= 11 is 0. The molecule has 0 aliphatic heterocycles. The van der Waals surface area contributed by atoms with E-state index in [0.29, 0.717) is 21.3 Å². The van der Waals surface area contributed by atoms with E-state index in [1.165, 1.54) is 18.2 Å². The Morgan fingerprint density at radius 1 is 0.407 bits per heavy atom. The van der Waals surface area contributed by atoms with Crippen molar-refractivity contribution in [2.75, 3.05) is 21.3 Å². The number of alkyl halides is 9. The van der Waals surface area contributed by atoms with Crippen molar-refractivity contribution in [3.63, 3.8) is 0 Å². The van der Waals surface area contributed by atoms with Crippen LogP contribution in [0.2, 0.25) is 0 Å². The minimum atomic E-state index is -5.61. The number of esters is 3. The van der Waals surface area contributed by atoms with Crippen molar-refractivity contribution in [1.82, 2.24) is 15.0 Å². The van der Waals surface area contributed by atoms with Crippen LogP contribution in [-0.2, 0) is 45.4 Å². The monoisotopic (exact) mass is 777 g/mol. The highest BCUT2D eigenvalue weighted by molar-refractivity contribution is 5.86. The van der Waals surface area contributed by atoms with E-state index in [1.54, 1.807) is 0 Å². The molecule has 1 aromatic heterocycles. The largest absolute Gasteiger partial charge is 0.432 e. The van der Waals surface area contributed by atoms with Crippen LogP contribution in [0.15, 0.2) is 91.0 Å². The van der Waals surface area contributed by atoms with Crippen molar-refractivity contribution in [2.24, 2.45) is 0 Å². The second kappa shape index (κ2) is 15.4. The van der Waals surface area contributed by atoms with Crippen molar-refractivity contribution in [3.05, 3.63) is 108 Å². The normalized spacial score (nSPS) is 15.6. The molecule has 0 saturated carbocycles. The lowest BCUT2D eigenvalue weighted by atomic mass is 9.93. The minimum absolute atomic E-state index is 0.464. The van der Waals surface area contributed by atoms with Gasteiger partial charge in [0.1, 0.15) is 0 Å². The Hall–Kier alpha value is -5.67. The van der Waals surface area contributed by atoms with Crippen molar-refractivity contribution >= 4 is 17.9 Å². The van der Waals surface area contributed by atoms with Crippen molar-refractivity contribution in [1.29, 1.82) is 0 Å². The van der Waals surface area contributed by atoms with E-state index in [1.807, 2.05) is 0 Å². The lowest BCUT2D eigenvalue weighted by Gasteiger charge is -2.32. The highest BCUT2D eigenvalue weighted by Gasteiger charge is 2.66.